The van der Waals surface area contributed by atoms with Crippen LogP contribution in [-0.4, -0.2) is 48.2 Å². The van der Waals surface area contributed by atoms with E-state index in [1.807, 2.05) is 12.1 Å². The fourth-order valence-electron chi connectivity index (χ4n) is 4.07. The van der Waals surface area contributed by atoms with Crippen LogP contribution in [0.25, 0.3) is 0 Å². The van der Waals surface area contributed by atoms with Gasteiger partial charge < -0.3 is 14.4 Å². The van der Waals surface area contributed by atoms with E-state index in [1.165, 1.54) is 12.8 Å². The van der Waals surface area contributed by atoms with E-state index in [1.54, 1.807) is 12.4 Å². The first kappa shape index (κ1) is 15.9. The van der Waals surface area contributed by atoms with Gasteiger partial charge in [-0.15, -0.1) is 0 Å². The first-order valence-corrected chi connectivity index (χ1v) is 9.17. The normalized spacial score (nSPS) is 29.8. The van der Waals surface area contributed by atoms with Crippen molar-refractivity contribution < 1.29 is 14.3 Å². The van der Waals surface area contributed by atoms with Crippen LogP contribution in [0.1, 0.15) is 38.5 Å². The van der Waals surface area contributed by atoms with Gasteiger partial charge in [-0.25, -0.2) is 0 Å². The molecule has 24 heavy (non-hydrogen) atoms. The summed E-state index contributed by atoms with van der Waals surface area (Å²) in [4.78, 5) is 18.8. The van der Waals surface area contributed by atoms with Crippen molar-refractivity contribution >= 4 is 5.91 Å². The summed E-state index contributed by atoms with van der Waals surface area (Å²) in [5.41, 5.74) is -0.0778. The zero-order chi connectivity index (χ0) is 16.4. The minimum Gasteiger partial charge on any atom is -0.491 e. The summed E-state index contributed by atoms with van der Waals surface area (Å²) in [5.74, 6) is 1.75. The van der Waals surface area contributed by atoms with Crippen molar-refractivity contribution in [3.8, 4) is 5.75 Å². The fourth-order valence-corrected chi connectivity index (χ4v) is 4.07. The molecule has 2 aliphatic heterocycles. The molecule has 2 atom stereocenters. The molecule has 0 unspecified atom stereocenters. The second kappa shape index (κ2) is 6.71. The summed E-state index contributed by atoms with van der Waals surface area (Å²) in [6, 6.07) is 3.81. The molecule has 1 saturated carbocycles. The van der Waals surface area contributed by atoms with Gasteiger partial charge in [0.05, 0.1) is 18.9 Å². The maximum absolute atomic E-state index is 12.6. The first-order valence-electron chi connectivity index (χ1n) is 9.17. The standard InChI is InChI=1S/C19H26N2O3/c22-18(11-15-4-5-15)21-9-6-17-19(13-21,7-2-10-23-17)14-24-16-3-1-8-20-12-16/h1,3,8,12,15,17H,2,4-7,9-11,13-14H2/t17-,19-/m1/s1. The summed E-state index contributed by atoms with van der Waals surface area (Å²) in [7, 11) is 0. The Morgan fingerprint density at radius 2 is 2.33 bits per heavy atom. The molecule has 0 aromatic carbocycles. The molecule has 1 aliphatic carbocycles. The minimum atomic E-state index is -0.0778. The number of hydrogen-bond acceptors (Lipinski definition) is 4. The number of carbonyl (C=O) groups is 1. The van der Waals surface area contributed by atoms with E-state index in [2.05, 4.69) is 9.88 Å². The lowest BCUT2D eigenvalue weighted by Crippen LogP contribution is -2.58. The van der Waals surface area contributed by atoms with Gasteiger partial charge in [0.15, 0.2) is 0 Å². The molecule has 1 aromatic heterocycles. The molecular weight excluding hydrogens is 304 g/mol. The molecule has 4 rings (SSSR count). The summed E-state index contributed by atoms with van der Waals surface area (Å²) in [5, 5.41) is 0. The van der Waals surface area contributed by atoms with Crippen LogP contribution >= 0.6 is 0 Å². The highest BCUT2D eigenvalue weighted by atomic mass is 16.5. The number of piperidine rings is 1. The Morgan fingerprint density at radius 1 is 1.42 bits per heavy atom. The average Bonchev–Trinajstić information content (AvgIpc) is 3.44. The predicted octanol–water partition coefficient (Wildman–Crippen LogP) is 2.66. The maximum atomic E-state index is 12.6. The van der Waals surface area contributed by atoms with E-state index in [4.69, 9.17) is 9.47 Å². The largest absolute Gasteiger partial charge is 0.491 e. The van der Waals surface area contributed by atoms with E-state index in [0.717, 1.165) is 51.1 Å². The van der Waals surface area contributed by atoms with Crippen molar-refractivity contribution in [2.24, 2.45) is 11.3 Å². The van der Waals surface area contributed by atoms with Gasteiger partial charge in [0.1, 0.15) is 5.75 Å². The minimum absolute atomic E-state index is 0.0778. The molecular formula is C19H26N2O3. The SMILES string of the molecule is O=C(CC1CC1)N1CC[C@H]2OCCC[C@]2(COc2cccnc2)C1. The van der Waals surface area contributed by atoms with Crippen molar-refractivity contribution in [3.63, 3.8) is 0 Å². The number of hydrogen-bond donors (Lipinski definition) is 0. The Bertz CT molecular complexity index is 575. The Morgan fingerprint density at radius 3 is 3.12 bits per heavy atom. The van der Waals surface area contributed by atoms with Gasteiger partial charge in [-0.1, -0.05) is 0 Å². The van der Waals surface area contributed by atoms with E-state index in [-0.39, 0.29) is 11.5 Å². The van der Waals surface area contributed by atoms with Gasteiger partial charge >= 0.3 is 0 Å². The molecule has 1 aromatic rings. The van der Waals surface area contributed by atoms with Crippen molar-refractivity contribution in [2.45, 2.75) is 44.6 Å². The van der Waals surface area contributed by atoms with E-state index in [0.29, 0.717) is 18.4 Å². The smallest absolute Gasteiger partial charge is 0.222 e. The number of carbonyl (C=O) groups excluding carboxylic acids is 1. The second-order valence-electron chi connectivity index (χ2n) is 7.55. The van der Waals surface area contributed by atoms with Crippen molar-refractivity contribution in [2.75, 3.05) is 26.3 Å². The van der Waals surface area contributed by atoms with Crippen LogP contribution in [-0.2, 0) is 9.53 Å². The third-order valence-electron chi connectivity index (χ3n) is 5.66. The topological polar surface area (TPSA) is 51.7 Å². The van der Waals surface area contributed by atoms with Gasteiger partial charge in [-0.3, -0.25) is 9.78 Å². The number of nitrogens with zero attached hydrogens (tertiary/aromatic N) is 2. The molecule has 5 heteroatoms. The van der Waals surface area contributed by atoms with E-state index in [9.17, 15) is 4.79 Å². The average molecular weight is 330 g/mol. The van der Waals surface area contributed by atoms with Crippen LogP contribution < -0.4 is 4.74 Å². The Kier molecular flexibility index (Phi) is 4.44. The fraction of sp³-hybridized carbons (Fsp3) is 0.684. The lowest BCUT2D eigenvalue weighted by atomic mass is 9.73. The van der Waals surface area contributed by atoms with Crippen LogP contribution in [0.15, 0.2) is 24.5 Å². The number of rotatable bonds is 5. The van der Waals surface area contributed by atoms with Crippen LogP contribution in [0.3, 0.4) is 0 Å². The number of aromatic nitrogens is 1. The Balaban J connectivity index is 1.45. The molecule has 2 saturated heterocycles. The number of likely N-dealkylation sites (tertiary alicyclic amines) is 1. The maximum Gasteiger partial charge on any atom is 0.222 e. The number of amides is 1. The first-order chi connectivity index (χ1) is 11.8. The monoisotopic (exact) mass is 330 g/mol. The molecule has 1 amide bonds. The van der Waals surface area contributed by atoms with E-state index >= 15 is 0 Å². The van der Waals surface area contributed by atoms with Crippen molar-refractivity contribution in [1.82, 2.24) is 9.88 Å². The van der Waals surface area contributed by atoms with Crippen molar-refractivity contribution in [1.29, 1.82) is 0 Å². The highest BCUT2D eigenvalue weighted by Crippen LogP contribution is 2.41. The van der Waals surface area contributed by atoms with E-state index < -0.39 is 0 Å². The predicted molar refractivity (Wildman–Crippen MR) is 89.7 cm³/mol. The van der Waals surface area contributed by atoms with Gasteiger partial charge in [-0.05, 0) is 50.2 Å². The van der Waals surface area contributed by atoms with Crippen LogP contribution in [0.4, 0.5) is 0 Å². The van der Waals surface area contributed by atoms with Gasteiger partial charge in [-0.2, -0.15) is 0 Å². The van der Waals surface area contributed by atoms with Crippen LogP contribution in [0.5, 0.6) is 5.75 Å². The third kappa shape index (κ3) is 3.41. The van der Waals surface area contributed by atoms with Crippen LogP contribution in [0, 0.1) is 11.3 Å². The molecule has 3 heterocycles. The molecule has 130 valence electrons. The zero-order valence-electron chi connectivity index (χ0n) is 14.2. The molecule has 3 aliphatic rings. The summed E-state index contributed by atoms with van der Waals surface area (Å²) in [6.45, 7) is 3.01. The molecule has 3 fully saturated rings. The molecule has 0 radical (unpaired) electrons. The third-order valence-corrected chi connectivity index (χ3v) is 5.66. The summed E-state index contributed by atoms with van der Waals surface area (Å²) < 4.78 is 12.1. The summed E-state index contributed by atoms with van der Waals surface area (Å²) >= 11 is 0. The lowest BCUT2D eigenvalue weighted by Gasteiger charge is -2.50. The molecule has 5 nitrogen and oxygen atoms in total. The molecule has 0 N–H and O–H groups in total. The Hall–Kier alpha value is -1.62. The summed E-state index contributed by atoms with van der Waals surface area (Å²) in [6.07, 6.45) is 9.89. The second-order valence-corrected chi connectivity index (χ2v) is 7.55. The number of ether oxygens (including phenoxy) is 2. The number of fused-ring (bicyclic) bond motifs is 1. The Labute approximate surface area is 143 Å². The molecule has 0 bridgehead atoms. The van der Waals surface area contributed by atoms with Crippen molar-refractivity contribution in [3.05, 3.63) is 24.5 Å². The van der Waals surface area contributed by atoms with Gasteiger partial charge in [0.25, 0.3) is 0 Å². The molecule has 0 spiro atoms. The zero-order valence-corrected chi connectivity index (χ0v) is 14.2. The van der Waals surface area contributed by atoms with Crippen LogP contribution in [0.2, 0.25) is 0 Å². The quantitative estimate of drug-likeness (QED) is 0.833. The highest BCUT2D eigenvalue weighted by molar-refractivity contribution is 5.77. The number of pyridine rings is 1. The lowest BCUT2D eigenvalue weighted by molar-refractivity contribution is -0.158. The highest BCUT2D eigenvalue weighted by Gasteiger charge is 2.48. The van der Waals surface area contributed by atoms with Gasteiger partial charge in [0.2, 0.25) is 5.91 Å². The van der Waals surface area contributed by atoms with Gasteiger partial charge in [0, 0.05) is 37.7 Å².